The first-order chi connectivity index (χ1) is 14.1. The van der Waals surface area contributed by atoms with Crippen LogP contribution in [-0.2, 0) is 22.6 Å². The van der Waals surface area contributed by atoms with Crippen molar-refractivity contribution in [3.05, 3.63) is 83.7 Å². The molecule has 6 nitrogen and oxygen atoms in total. The highest BCUT2D eigenvalue weighted by Gasteiger charge is 2.30. The van der Waals surface area contributed by atoms with Gasteiger partial charge in [-0.2, -0.15) is 0 Å². The van der Waals surface area contributed by atoms with Gasteiger partial charge in [-0.05, 0) is 23.3 Å². The number of halogens is 1. The molecular weight excluding hydrogens is 371 g/mol. The summed E-state index contributed by atoms with van der Waals surface area (Å²) in [6.45, 7) is 1.12. The van der Waals surface area contributed by atoms with Crippen molar-refractivity contribution < 1.29 is 14.0 Å². The van der Waals surface area contributed by atoms with Crippen LogP contribution in [-0.4, -0.2) is 27.9 Å². The highest BCUT2D eigenvalue weighted by atomic mass is 19.1. The van der Waals surface area contributed by atoms with E-state index in [9.17, 15) is 14.0 Å². The lowest BCUT2D eigenvalue weighted by Gasteiger charge is -2.24. The van der Waals surface area contributed by atoms with Crippen molar-refractivity contribution in [2.45, 2.75) is 25.3 Å². The van der Waals surface area contributed by atoms with Gasteiger partial charge in [0, 0.05) is 44.0 Å². The molecule has 2 N–H and O–H groups in total. The van der Waals surface area contributed by atoms with Crippen LogP contribution in [0.4, 0.5) is 10.1 Å². The van der Waals surface area contributed by atoms with E-state index in [-0.39, 0.29) is 18.2 Å². The van der Waals surface area contributed by atoms with Crippen LogP contribution in [0.15, 0.2) is 60.9 Å². The molecule has 0 radical (unpaired) electrons. The Hall–Kier alpha value is -3.48. The van der Waals surface area contributed by atoms with Crippen molar-refractivity contribution in [3.8, 4) is 0 Å². The van der Waals surface area contributed by atoms with Gasteiger partial charge in [0.25, 0.3) is 0 Å². The quantitative estimate of drug-likeness (QED) is 0.677. The van der Waals surface area contributed by atoms with Crippen LogP contribution in [0.3, 0.4) is 0 Å². The lowest BCUT2D eigenvalue weighted by atomic mass is 9.89. The summed E-state index contributed by atoms with van der Waals surface area (Å²) < 4.78 is 15.5. The smallest absolute Gasteiger partial charge is 0.228 e. The van der Waals surface area contributed by atoms with Gasteiger partial charge < -0.3 is 15.2 Å². The van der Waals surface area contributed by atoms with E-state index in [1.807, 2.05) is 29.0 Å². The topological polar surface area (TPSA) is 76.0 Å². The molecule has 0 spiro atoms. The van der Waals surface area contributed by atoms with E-state index >= 15 is 0 Å². The largest absolute Gasteiger partial charge is 0.355 e. The maximum atomic E-state index is 13.4. The number of carbonyl (C=O) groups is 2. The maximum Gasteiger partial charge on any atom is 0.228 e. The van der Waals surface area contributed by atoms with Crippen LogP contribution < -0.4 is 10.6 Å². The number of fused-ring (bicyclic) bond motifs is 1. The molecule has 4 rings (SSSR count). The lowest BCUT2D eigenvalue weighted by Crippen LogP contribution is -2.36. The zero-order chi connectivity index (χ0) is 20.2. The third-order valence-corrected chi connectivity index (χ3v) is 5.02. The van der Waals surface area contributed by atoms with Crippen molar-refractivity contribution in [1.82, 2.24) is 14.9 Å². The lowest BCUT2D eigenvalue weighted by molar-refractivity contribution is -0.126. The number of hydrogen-bond donors (Lipinski definition) is 2. The van der Waals surface area contributed by atoms with Crippen molar-refractivity contribution >= 4 is 17.5 Å². The number of anilines is 1. The standard InChI is InChI=1S/C22H21FN4O2/c23-16-6-7-17-18(13-21(28)26-19(17)12-16)22(29)25-9-8-20-24-10-11-27(20)14-15-4-2-1-3-5-15/h1-7,10-12,18H,8-9,13-14H2,(H,25,29)(H,26,28). The van der Waals surface area contributed by atoms with E-state index in [0.29, 0.717) is 30.8 Å². The first-order valence-electron chi connectivity index (χ1n) is 9.51. The molecule has 1 aliphatic heterocycles. The number of amides is 2. The molecule has 0 bridgehead atoms. The Balaban J connectivity index is 1.38. The third kappa shape index (κ3) is 4.34. The Labute approximate surface area is 167 Å². The zero-order valence-electron chi connectivity index (χ0n) is 15.8. The van der Waals surface area contributed by atoms with Crippen molar-refractivity contribution in [2.75, 3.05) is 11.9 Å². The van der Waals surface area contributed by atoms with Crippen LogP contribution in [0.2, 0.25) is 0 Å². The molecule has 29 heavy (non-hydrogen) atoms. The number of hydrogen-bond acceptors (Lipinski definition) is 3. The van der Waals surface area contributed by atoms with E-state index in [1.165, 1.54) is 17.7 Å². The second kappa shape index (κ2) is 8.26. The van der Waals surface area contributed by atoms with Crippen LogP contribution in [0.1, 0.15) is 29.3 Å². The average Bonchev–Trinajstić information content (AvgIpc) is 3.14. The Morgan fingerprint density at radius 1 is 1.24 bits per heavy atom. The monoisotopic (exact) mass is 392 g/mol. The molecule has 1 aromatic heterocycles. The van der Waals surface area contributed by atoms with E-state index in [0.717, 1.165) is 5.82 Å². The summed E-state index contributed by atoms with van der Waals surface area (Å²) >= 11 is 0. The van der Waals surface area contributed by atoms with E-state index < -0.39 is 11.7 Å². The summed E-state index contributed by atoms with van der Waals surface area (Å²) in [5, 5.41) is 5.51. The van der Waals surface area contributed by atoms with Gasteiger partial charge in [0.2, 0.25) is 11.8 Å². The molecule has 148 valence electrons. The number of benzene rings is 2. The number of nitrogens with one attached hydrogen (secondary N) is 2. The molecule has 1 aliphatic rings. The summed E-state index contributed by atoms with van der Waals surface area (Å²) in [7, 11) is 0. The molecule has 2 aromatic carbocycles. The van der Waals surface area contributed by atoms with Gasteiger partial charge >= 0.3 is 0 Å². The number of rotatable bonds is 6. The summed E-state index contributed by atoms with van der Waals surface area (Å²) in [5.74, 6) is -0.729. The summed E-state index contributed by atoms with van der Waals surface area (Å²) in [6, 6.07) is 14.2. The van der Waals surface area contributed by atoms with Crippen molar-refractivity contribution in [3.63, 3.8) is 0 Å². The van der Waals surface area contributed by atoms with Crippen LogP contribution in [0.25, 0.3) is 0 Å². The second-order valence-electron chi connectivity index (χ2n) is 7.03. The van der Waals surface area contributed by atoms with Crippen LogP contribution in [0.5, 0.6) is 0 Å². The van der Waals surface area contributed by atoms with Gasteiger partial charge in [-0.15, -0.1) is 0 Å². The van der Waals surface area contributed by atoms with Crippen LogP contribution >= 0.6 is 0 Å². The Kier molecular flexibility index (Phi) is 5.37. The summed E-state index contributed by atoms with van der Waals surface area (Å²) in [4.78, 5) is 29.0. The average molecular weight is 392 g/mol. The SMILES string of the molecule is O=C1CC(C(=O)NCCc2nccn2Cc2ccccc2)c2ccc(F)cc2N1. The molecular formula is C22H21FN4O2. The fraction of sp³-hybridized carbons (Fsp3) is 0.227. The van der Waals surface area contributed by atoms with Gasteiger partial charge in [-0.1, -0.05) is 36.4 Å². The molecule has 0 saturated carbocycles. The highest BCUT2D eigenvalue weighted by Crippen LogP contribution is 2.32. The van der Waals surface area contributed by atoms with Crippen molar-refractivity contribution in [1.29, 1.82) is 0 Å². The number of nitrogens with zero attached hydrogens (tertiary/aromatic N) is 2. The second-order valence-corrected chi connectivity index (χ2v) is 7.03. The zero-order valence-corrected chi connectivity index (χ0v) is 15.8. The van der Waals surface area contributed by atoms with Gasteiger partial charge in [0.15, 0.2) is 0 Å². The molecule has 0 fully saturated rings. The predicted octanol–water partition coefficient (Wildman–Crippen LogP) is 2.86. The molecule has 2 amide bonds. The van der Waals surface area contributed by atoms with Gasteiger partial charge in [0.1, 0.15) is 11.6 Å². The van der Waals surface area contributed by atoms with Gasteiger partial charge in [-0.3, -0.25) is 9.59 Å². The van der Waals surface area contributed by atoms with Gasteiger partial charge in [0.05, 0.1) is 5.92 Å². The maximum absolute atomic E-state index is 13.4. The third-order valence-electron chi connectivity index (χ3n) is 5.02. The first-order valence-corrected chi connectivity index (χ1v) is 9.51. The van der Waals surface area contributed by atoms with E-state index in [2.05, 4.69) is 27.8 Å². The number of carbonyl (C=O) groups excluding carboxylic acids is 2. The molecule has 1 unspecified atom stereocenters. The molecule has 0 saturated heterocycles. The van der Waals surface area contributed by atoms with E-state index in [1.54, 1.807) is 12.3 Å². The van der Waals surface area contributed by atoms with E-state index in [4.69, 9.17) is 0 Å². The minimum Gasteiger partial charge on any atom is -0.355 e. The van der Waals surface area contributed by atoms with Crippen LogP contribution in [0, 0.1) is 5.82 Å². The summed E-state index contributed by atoms with van der Waals surface area (Å²) in [5.41, 5.74) is 2.17. The highest BCUT2D eigenvalue weighted by molar-refractivity contribution is 6.01. The van der Waals surface area contributed by atoms with Crippen molar-refractivity contribution in [2.24, 2.45) is 0 Å². The molecule has 0 aliphatic carbocycles. The Morgan fingerprint density at radius 3 is 2.90 bits per heavy atom. The Bertz CT molecular complexity index is 1030. The fourth-order valence-corrected chi connectivity index (χ4v) is 3.58. The first kappa shape index (κ1) is 18.9. The minimum atomic E-state index is -0.622. The Morgan fingerprint density at radius 2 is 2.07 bits per heavy atom. The van der Waals surface area contributed by atoms with Gasteiger partial charge in [-0.25, -0.2) is 9.37 Å². The summed E-state index contributed by atoms with van der Waals surface area (Å²) in [6.07, 6.45) is 4.28. The molecule has 1 atom stereocenters. The fourth-order valence-electron chi connectivity index (χ4n) is 3.58. The minimum absolute atomic E-state index is 0.0487. The molecule has 2 heterocycles. The predicted molar refractivity (Wildman–Crippen MR) is 107 cm³/mol. The molecule has 3 aromatic rings. The normalized spacial score (nSPS) is 15.5. The number of aromatic nitrogens is 2. The molecule has 7 heteroatoms. The number of imidazole rings is 1.